The highest BCUT2D eigenvalue weighted by Crippen LogP contribution is 2.02. The first-order valence-electron chi connectivity index (χ1n) is 4.37. The zero-order valence-electron chi connectivity index (χ0n) is 7.82. The minimum atomic E-state index is -0.0241. The number of hydrogen-bond acceptors (Lipinski definition) is 3. The summed E-state index contributed by atoms with van der Waals surface area (Å²) in [6, 6.07) is 0. The van der Waals surface area contributed by atoms with Crippen molar-refractivity contribution in [3.8, 4) is 0 Å². The van der Waals surface area contributed by atoms with Gasteiger partial charge in [0, 0.05) is 33.1 Å². The summed E-state index contributed by atoms with van der Waals surface area (Å²) in [5, 5.41) is 0. The van der Waals surface area contributed by atoms with Crippen LogP contribution in [0.4, 0.5) is 0 Å². The number of carbonyl (C=O) groups excluding carboxylic acids is 2. The van der Waals surface area contributed by atoms with Crippen LogP contribution in [0.2, 0.25) is 0 Å². The molecule has 1 fully saturated rings. The standard InChI is InChI=1S/C8H15N3O2/c1-10-4-5-11(6-8(10)13)7(12)2-3-9/h2-6,9H2,1H3. The molecule has 74 valence electrons. The maximum atomic E-state index is 11.3. The first-order chi connectivity index (χ1) is 6.15. The van der Waals surface area contributed by atoms with Gasteiger partial charge in [-0.15, -0.1) is 0 Å². The van der Waals surface area contributed by atoms with Crippen molar-refractivity contribution >= 4 is 11.8 Å². The summed E-state index contributed by atoms with van der Waals surface area (Å²) >= 11 is 0. The fourth-order valence-electron chi connectivity index (χ4n) is 1.25. The van der Waals surface area contributed by atoms with Gasteiger partial charge in [0.05, 0.1) is 6.54 Å². The summed E-state index contributed by atoms with van der Waals surface area (Å²) in [7, 11) is 1.74. The molecule has 0 aromatic carbocycles. The average molecular weight is 185 g/mol. The highest BCUT2D eigenvalue weighted by molar-refractivity contribution is 5.85. The van der Waals surface area contributed by atoms with E-state index in [1.165, 1.54) is 0 Å². The Kier molecular flexibility index (Phi) is 3.25. The molecule has 0 aliphatic carbocycles. The highest BCUT2D eigenvalue weighted by Gasteiger charge is 2.23. The second-order valence-corrected chi connectivity index (χ2v) is 3.17. The van der Waals surface area contributed by atoms with Crippen molar-refractivity contribution in [2.45, 2.75) is 6.42 Å². The molecule has 0 saturated carbocycles. The lowest BCUT2D eigenvalue weighted by molar-refractivity contribution is -0.144. The van der Waals surface area contributed by atoms with E-state index in [2.05, 4.69) is 0 Å². The fourth-order valence-corrected chi connectivity index (χ4v) is 1.25. The van der Waals surface area contributed by atoms with Gasteiger partial charge in [-0.2, -0.15) is 0 Å². The molecule has 13 heavy (non-hydrogen) atoms. The second-order valence-electron chi connectivity index (χ2n) is 3.17. The Labute approximate surface area is 77.5 Å². The quantitative estimate of drug-likeness (QED) is 0.577. The molecule has 1 heterocycles. The molecule has 1 rings (SSSR count). The predicted molar refractivity (Wildman–Crippen MR) is 47.9 cm³/mol. The molecule has 0 spiro atoms. The van der Waals surface area contributed by atoms with E-state index in [0.29, 0.717) is 26.1 Å². The van der Waals surface area contributed by atoms with Gasteiger partial charge in [-0.1, -0.05) is 0 Å². The van der Waals surface area contributed by atoms with Gasteiger partial charge in [-0.05, 0) is 0 Å². The summed E-state index contributed by atoms with van der Waals surface area (Å²) in [6.45, 7) is 1.80. The van der Waals surface area contributed by atoms with Crippen molar-refractivity contribution in [3.05, 3.63) is 0 Å². The summed E-state index contributed by atoms with van der Waals surface area (Å²) < 4.78 is 0. The van der Waals surface area contributed by atoms with E-state index < -0.39 is 0 Å². The van der Waals surface area contributed by atoms with Crippen molar-refractivity contribution in [1.82, 2.24) is 9.80 Å². The third kappa shape index (κ3) is 2.42. The molecule has 0 bridgehead atoms. The zero-order chi connectivity index (χ0) is 9.84. The second kappa shape index (κ2) is 4.23. The van der Waals surface area contributed by atoms with Gasteiger partial charge in [0.2, 0.25) is 11.8 Å². The molecule has 0 aromatic heterocycles. The Morgan fingerprint density at radius 3 is 2.77 bits per heavy atom. The Morgan fingerprint density at radius 1 is 1.54 bits per heavy atom. The van der Waals surface area contributed by atoms with Crippen LogP contribution in [-0.4, -0.2) is 54.8 Å². The Balaban J connectivity index is 2.45. The Hall–Kier alpha value is -1.10. The molecule has 0 aromatic rings. The molecule has 2 amide bonds. The van der Waals surface area contributed by atoms with Crippen molar-refractivity contribution in [3.63, 3.8) is 0 Å². The Morgan fingerprint density at radius 2 is 2.23 bits per heavy atom. The molecular weight excluding hydrogens is 170 g/mol. The molecule has 5 nitrogen and oxygen atoms in total. The van der Waals surface area contributed by atoms with E-state index in [-0.39, 0.29) is 18.4 Å². The van der Waals surface area contributed by atoms with E-state index in [9.17, 15) is 9.59 Å². The van der Waals surface area contributed by atoms with Crippen LogP contribution in [0.1, 0.15) is 6.42 Å². The minimum absolute atomic E-state index is 0.00313. The molecular formula is C8H15N3O2. The average Bonchev–Trinajstić information content (AvgIpc) is 2.10. The molecule has 0 radical (unpaired) electrons. The number of likely N-dealkylation sites (N-methyl/N-ethyl adjacent to an activating group) is 1. The van der Waals surface area contributed by atoms with Gasteiger partial charge in [0.1, 0.15) is 0 Å². The number of nitrogens with two attached hydrogens (primary N) is 1. The lowest BCUT2D eigenvalue weighted by Crippen LogP contribution is -2.50. The maximum Gasteiger partial charge on any atom is 0.241 e. The first-order valence-corrected chi connectivity index (χ1v) is 4.37. The highest BCUT2D eigenvalue weighted by atomic mass is 16.2. The van der Waals surface area contributed by atoms with Gasteiger partial charge >= 0.3 is 0 Å². The van der Waals surface area contributed by atoms with E-state index >= 15 is 0 Å². The smallest absolute Gasteiger partial charge is 0.241 e. The Bertz CT molecular complexity index is 217. The molecule has 1 saturated heterocycles. The topological polar surface area (TPSA) is 66.6 Å². The summed E-state index contributed by atoms with van der Waals surface area (Å²) in [6.07, 6.45) is 0.330. The van der Waals surface area contributed by atoms with Crippen molar-refractivity contribution in [1.29, 1.82) is 0 Å². The lowest BCUT2D eigenvalue weighted by atomic mass is 10.3. The molecule has 0 atom stereocenters. The minimum Gasteiger partial charge on any atom is -0.342 e. The van der Waals surface area contributed by atoms with Crippen molar-refractivity contribution < 1.29 is 9.59 Å². The summed E-state index contributed by atoms with van der Waals surface area (Å²) in [4.78, 5) is 25.7. The number of hydrogen-bond donors (Lipinski definition) is 1. The van der Waals surface area contributed by atoms with Gasteiger partial charge < -0.3 is 15.5 Å². The SMILES string of the molecule is CN1CCN(C(=O)CCN)CC1=O. The van der Waals surface area contributed by atoms with Crippen LogP contribution >= 0.6 is 0 Å². The van der Waals surface area contributed by atoms with E-state index in [1.54, 1.807) is 16.8 Å². The van der Waals surface area contributed by atoms with E-state index in [4.69, 9.17) is 5.73 Å². The number of nitrogens with zero attached hydrogens (tertiary/aromatic N) is 2. The monoisotopic (exact) mass is 185 g/mol. The molecule has 0 unspecified atom stereocenters. The number of rotatable bonds is 2. The zero-order valence-corrected chi connectivity index (χ0v) is 7.82. The van der Waals surface area contributed by atoms with Gasteiger partial charge in [0.15, 0.2) is 0 Å². The van der Waals surface area contributed by atoms with Crippen molar-refractivity contribution in [2.24, 2.45) is 5.73 Å². The fraction of sp³-hybridized carbons (Fsp3) is 0.750. The van der Waals surface area contributed by atoms with Gasteiger partial charge in [-0.3, -0.25) is 9.59 Å². The largest absolute Gasteiger partial charge is 0.342 e. The lowest BCUT2D eigenvalue weighted by Gasteiger charge is -2.31. The first kappa shape index (κ1) is 9.98. The third-order valence-electron chi connectivity index (χ3n) is 2.17. The number of piperazine rings is 1. The number of amides is 2. The van der Waals surface area contributed by atoms with Crippen LogP contribution in [0.15, 0.2) is 0 Å². The van der Waals surface area contributed by atoms with Crippen LogP contribution in [0.25, 0.3) is 0 Å². The third-order valence-corrected chi connectivity index (χ3v) is 2.17. The van der Waals surface area contributed by atoms with Crippen LogP contribution in [0.5, 0.6) is 0 Å². The molecule has 1 aliphatic heterocycles. The molecule has 2 N–H and O–H groups in total. The summed E-state index contributed by atoms with van der Waals surface area (Å²) in [5.41, 5.74) is 5.26. The normalized spacial score (nSPS) is 17.8. The van der Waals surface area contributed by atoms with Gasteiger partial charge in [-0.25, -0.2) is 0 Å². The maximum absolute atomic E-state index is 11.3. The van der Waals surface area contributed by atoms with Crippen LogP contribution in [0, 0.1) is 0 Å². The van der Waals surface area contributed by atoms with Crippen LogP contribution in [0.3, 0.4) is 0 Å². The van der Waals surface area contributed by atoms with Gasteiger partial charge in [0.25, 0.3) is 0 Å². The van der Waals surface area contributed by atoms with Crippen molar-refractivity contribution in [2.75, 3.05) is 33.2 Å². The molecule has 1 aliphatic rings. The van der Waals surface area contributed by atoms with E-state index in [1.807, 2.05) is 0 Å². The van der Waals surface area contributed by atoms with E-state index in [0.717, 1.165) is 0 Å². The number of carbonyl (C=O) groups is 2. The van der Waals surface area contributed by atoms with Crippen LogP contribution < -0.4 is 5.73 Å². The summed E-state index contributed by atoms with van der Waals surface area (Å²) in [5.74, 6) is -0.0272. The predicted octanol–water partition coefficient (Wildman–Crippen LogP) is -1.36. The molecule has 5 heteroatoms. The van der Waals surface area contributed by atoms with Crippen LogP contribution in [-0.2, 0) is 9.59 Å².